The summed E-state index contributed by atoms with van der Waals surface area (Å²) in [7, 11) is 3.99. The number of carbonyl (C=O) groups excluding carboxylic acids is 1. The number of carbonyl (C=O) groups is 1. The van der Waals surface area contributed by atoms with Crippen molar-refractivity contribution in [2.45, 2.75) is 26.3 Å². The second kappa shape index (κ2) is 11.8. The summed E-state index contributed by atoms with van der Waals surface area (Å²) in [5, 5.41) is 13.7. The lowest BCUT2D eigenvalue weighted by Crippen LogP contribution is -2.37. The van der Waals surface area contributed by atoms with Crippen molar-refractivity contribution >= 4 is 28.1 Å². The highest BCUT2D eigenvalue weighted by Crippen LogP contribution is 2.20. The van der Waals surface area contributed by atoms with Crippen molar-refractivity contribution in [2.24, 2.45) is 5.10 Å². The number of phenols is 1. The number of phenolic OH excluding ortho intramolecular Hbond substituents is 1. The Balaban J connectivity index is 1.71. The Morgan fingerprint density at radius 1 is 1.13 bits per heavy atom. The normalized spacial score (nSPS) is 11.7. The van der Waals surface area contributed by atoms with Gasteiger partial charge in [-0.15, -0.1) is 0 Å². The third kappa shape index (κ3) is 8.26. The van der Waals surface area contributed by atoms with Crippen LogP contribution in [0.1, 0.15) is 36.5 Å². The zero-order valence-corrected chi connectivity index (χ0v) is 19.7. The van der Waals surface area contributed by atoms with Gasteiger partial charge in [0, 0.05) is 29.7 Å². The van der Waals surface area contributed by atoms with E-state index in [1.165, 1.54) is 17.3 Å². The first-order valence-corrected chi connectivity index (χ1v) is 10.8. The molecule has 0 unspecified atom stereocenters. The van der Waals surface area contributed by atoms with Crippen LogP contribution in [0.15, 0.2) is 52.0 Å². The number of hydrogen-bond donors (Lipinski definition) is 2. The highest BCUT2D eigenvalue weighted by atomic mass is 79.9. The molecule has 6 nitrogen and oxygen atoms in total. The minimum atomic E-state index is -0.199. The lowest BCUT2D eigenvalue weighted by molar-refractivity contribution is -0.121. The quantitative estimate of drug-likeness (QED) is 0.405. The van der Waals surface area contributed by atoms with E-state index in [0.29, 0.717) is 11.5 Å². The van der Waals surface area contributed by atoms with Crippen molar-refractivity contribution in [3.63, 3.8) is 0 Å². The van der Waals surface area contributed by atoms with Crippen LogP contribution in [0.2, 0.25) is 0 Å². The van der Waals surface area contributed by atoms with Crippen LogP contribution in [0.4, 0.5) is 0 Å². The van der Waals surface area contributed by atoms with Gasteiger partial charge in [-0.05, 0) is 49.3 Å². The van der Waals surface area contributed by atoms with E-state index in [-0.39, 0.29) is 18.2 Å². The van der Waals surface area contributed by atoms with Gasteiger partial charge in [0.15, 0.2) is 0 Å². The summed E-state index contributed by atoms with van der Waals surface area (Å²) >= 11 is 3.34. The maximum absolute atomic E-state index is 12.1. The zero-order valence-electron chi connectivity index (χ0n) is 18.1. The highest BCUT2D eigenvalue weighted by molar-refractivity contribution is 9.10. The van der Waals surface area contributed by atoms with Crippen molar-refractivity contribution in [3.8, 4) is 5.75 Å². The summed E-state index contributed by atoms with van der Waals surface area (Å²) in [6.45, 7) is 7.14. The molecular formula is C23H31BrN4O2. The molecule has 0 bridgehead atoms. The van der Waals surface area contributed by atoms with Crippen molar-refractivity contribution in [1.82, 2.24) is 15.2 Å². The number of hydrogen-bond acceptors (Lipinski definition) is 5. The molecular weight excluding hydrogens is 444 g/mol. The largest absolute Gasteiger partial charge is 0.507 e. The Kier molecular flexibility index (Phi) is 9.49. The first-order valence-electron chi connectivity index (χ1n) is 10.0. The predicted molar refractivity (Wildman–Crippen MR) is 126 cm³/mol. The van der Waals surface area contributed by atoms with E-state index in [4.69, 9.17) is 0 Å². The third-order valence-electron chi connectivity index (χ3n) is 4.76. The fourth-order valence-electron chi connectivity index (χ4n) is 2.90. The van der Waals surface area contributed by atoms with Crippen LogP contribution < -0.4 is 5.43 Å². The van der Waals surface area contributed by atoms with Crippen LogP contribution in [0.25, 0.3) is 0 Å². The molecule has 2 aromatic rings. The Labute approximate surface area is 187 Å². The van der Waals surface area contributed by atoms with Crippen LogP contribution in [-0.2, 0) is 11.3 Å². The molecule has 30 heavy (non-hydrogen) atoms. The molecule has 2 N–H and O–H groups in total. The average Bonchev–Trinajstić information content (AvgIpc) is 2.69. The molecule has 0 aliphatic rings. The number of benzene rings is 2. The Morgan fingerprint density at radius 3 is 2.47 bits per heavy atom. The molecule has 0 aliphatic heterocycles. The number of rotatable bonds is 10. The lowest BCUT2D eigenvalue weighted by atomic mass is 10.0. The molecule has 0 saturated carbocycles. The van der Waals surface area contributed by atoms with Gasteiger partial charge in [-0.25, -0.2) is 5.43 Å². The maximum atomic E-state index is 12.1. The molecule has 0 spiro atoms. The van der Waals surface area contributed by atoms with Crippen LogP contribution >= 0.6 is 15.9 Å². The summed E-state index contributed by atoms with van der Waals surface area (Å²) in [5.74, 6) is 0.450. The van der Waals surface area contributed by atoms with Crippen molar-refractivity contribution in [1.29, 1.82) is 0 Å². The average molecular weight is 475 g/mol. The van der Waals surface area contributed by atoms with E-state index in [9.17, 15) is 9.90 Å². The van der Waals surface area contributed by atoms with Gasteiger partial charge in [-0.1, -0.05) is 54.0 Å². The molecule has 0 saturated heterocycles. The van der Waals surface area contributed by atoms with E-state index < -0.39 is 0 Å². The molecule has 2 rings (SSSR count). The molecule has 0 atom stereocenters. The summed E-state index contributed by atoms with van der Waals surface area (Å²) in [6.07, 6.45) is 1.43. The molecule has 162 valence electrons. The Morgan fingerprint density at radius 2 is 1.80 bits per heavy atom. The smallest absolute Gasteiger partial charge is 0.254 e. The lowest BCUT2D eigenvalue weighted by Gasteiger charge is -2.21. The number of nitrogens with zero attached hydrogens (tertiary/aromatic N) is 3. The summed E-state index contributed by atoms with van der Waals surface area (Å²) in [4.78, 5) is 16.3. The standard InChI is InChI=1S/C23H31BrN4O2/c1-17(2)19-7-5-18(6-8-19)15-27(3)11-12-28(4)16-23(30)26-25-14-20-13-21(24)9-10-22(20)29/h5-10,13-14,17,29H,11-12,15-16H2,1-4H3,(H,26,30). The van der Waals surface area contributed by atoms with Gasteiger partial charge in [0.05, 0.1) is 12.8 Å². The van der Waals surface area contributed by atoms with Gasteiger partial charge in [0.1, 0.15) is 5.75 Å². The molecule has 0 radical (unpaired) electrons. The number of halogens is 1. The zero-order chi connectivity index (χ0) is 22.1. The summed E-state index contributed by atoms with van der Waals surface area (Å²) in [5.41, 5.74) is 5.66. The Hall–Kier alpha value is -2.22. The van der Waals surface area contributed by atoms with Gasteiger partial charge in [-0.3, -0.25) is 9.69 Å². The Bertz CT molecular complexity index is 853. The van der Waals surface area contributed by atoms with Crippen LogP contribution in [-0.4, -0.2) is 60.8 Å². The minimum Gasteiger partial charge on any atom is -0.507 e. The van der Waals surface area contributed by atoms with Crippen molar-refractivity contribution in [2.75, 3.05) is 33.7 Å². The molecule has 7 heteroatoms. The van der Waals surface area contributed by atoms with Gasteiger partial charge >= 0.3 is 0 Å². The number of aromatic hydroxyl groups is 1. The summed E-state index contributed by atoms with van der Waals surface area (Å²) < 4.78 is 0.827. The van der Waals surface area contributed by atoms with Crippen LogP contribution in [0, 0.1) is 0 Å². The van der Waals surface area contributed by atoms with Crippen molar-refractivity contribution < 1.29 is 9.90 Å². The third-order valence-corrected chi connectivity index (χ3v) is 5.25. The van der Waals surface area contributed by atoms with Gasteiger partial charge in [-0.2, -0.15) is 5.10 Å². The number of hydrazone groups is 1. The first-order chi connectivity index (χ1) is 14.2. The second-order valence-electron chi connectivity index (χ2n) is 7.87. The van der Waals surface area contributed by atoms with Crippen LogP contribution in [0.3, 0.4) is 0 Å². The molecule has 2 aromatic carbocycles. The second-order valence-corrected chi connectivity index (χ2v) is 8.78. The summed E-state index contributed by atoms with van der Waals surface area (Å²) in [6, 6.07) is 13.8. The van der Waals surface area contributed by atoms with Crippen LogP contribution in [0.5, 0.6) is 5.75 Å². The van der Waals surface area contributed by atoms with E-state index in [1.807, 2.05) is 11.9 Å². The predicted octanol–water partition coefficient (Wildman–Crippen LogP) is 3.79. The van der Waals surface area contributed by atoms with Crippen molar-refractivity contribution in [3.05, 3.63) is 63.6 Å². The fraction of sp³-hybridized carbons (Fsp3) is 0.391. The first kappa shape index (κ1) is 24.1. The molecule has 0 heterocycles. The molecule has 0 aliphatic carbocycles. The maximum Gasteiger partial charge on any atom is 0.254 e. The highest BCUT2D eigenvalue weighted by Gasteiger charge is 2.08. The van der Waals surface area contributed by atoms with Gasteiger partial charge < -0.3 is 10.0 Å². The fourth-order valence-corrected chi connectivity index (χ4v) is 3.28. The van der Waals surface area contributed by atoms with E-state index >= 15 is 0 Å². The molecule has 1 amide bonds. The number of nitrogens with one attached hydrogen (secondary N) is 1. The minimum absolute atomic E-state index is 0.107. The number of likely N-dealkylation sites (N-methyl/N-ethyl adjacent to an activating group) is 2. The molecule has 0 fully saturated rings. The topological polar surface area (TPSA) is 68.2 Å². The van der Waals surface area contributed by atoms with E-state index in [2.05, 4.69) is 76.5 Å². The number of amides is 1. The molecule has 0 aromatic heterocycles. The van der Waals surface area contributed by atoms with E-state index in [1.54, 1.807) is 18.2 Å². The monoisotopic (exact) mass is 474 g/mol. The van der Waals surface area contributed by atoms with E-state index in [0.717, 1.165) is 24.1 Å². The van der Waals surface area contributed by atoms with Gasteiger partial charge in [0.25, 0.3) is 5.91 Å². The SMILES string of the molecule is CC(C)c1ccc(CN(C)CCN(C)CC(=O)NN=Cc2cc(Br)ccc2O)cc1. The van der Waals surface area contributed by atoms with Gasteiger partial charge in [0.2, 0.25) is 0 Å².